The van der Waals surface area contributed by atoms with Crippen LogP contribution in [0, 0.1) is 0 Å². The van der Waals surface area contributed by atoms with Crippen molar-refractivity contribution in [2.24, 2.45) is 5.73 Å². The topological polar surface area (TPSA) is 106 Å². The first-order valence-electron chi connectivity index (χ1n) is 8.78. The van der Waals surface area contributed by atoms with Crippen molar-refractivity contribution in [1.82, 2.24) is 0 Å². The third-order valence-electron chi connectivity index (χ3n) is 4.91. The highest BCUT2D eigenvalue weighted by molar-refractivity contribution is 6.03. The minimum Gasteiger partial charge on any atom is -0.493 e. The molecule has 0 radical (unpaired) electrons. The number of benzene rings is 1. The second-order valence-electron chi connectivity index (χ2n) is 6.38. The number of ether oxygens (including phenoxy) is 5. The van der Waals surface area contributed by atoms with Gasteiger partial charge in [0.05, 0.1) is 34.4 Å². The summed E-state index contributed by atoms with van der Waals surface area (Å²) in [5, 5.41) is 0. The second-order valence-corrected chi connectivity index (χ2v) is 6.38. The monoisotopic (exact) mass is 389 g/mol. The van der Waals surface area contributed by atoms with E-state index in [1.54, 1.807) is 12.1 Å². The summed E-state index contributed by atoms with van der Waals surface area (Å²) in [6, 6.07) is 3.39. The molecule has 8 heteroatoms. The van der Waals surface area contributed by atoms with Crippen LogP contribution < -0.4 is 19.9 Å². The van der Waals surface area contributed by atoms with Crippen molar-refractivity contribution in [2.45, 2.75) is 25.2 Å². The van der Waals surface area contributed by atoms with Gasteiger partial charge in [0.1, 0.15) is 11.3 Å². The molecule has 0 aromatic heterocycles. The van der Waals surface area contributed by atoms with E-state index in [1.165, 1.54) is 28.4 Å². The molecule has 3 rings (SSSR count). The molecule has 1 heterocycles. The van der Waals surface area contributed by atoms with Crippen molar-refractivity contribution in [3.63, 3.8) is 0 Å². The van der Waals surface area contributed by atoms with Crippen molar-refractivity contribution in [1.29, 1.82) is 0 Å². The standard InChI is InChI=1S/C20H23NO7/c1-24-13-8-10(9-14(25-2)18(13)26-3)15-16-11(22)6-5-7-12(16)28-19(21)17(15)20(23)27-4/h8-9,15H,5-7,21H2,1-4H3/t15-/m0/s1. The van der Waals surface area contributed by atoms with Crippen LogP contribution in [0.2, 0.25) is 0 Å². The molecule has 0 saturated heterocycles. The molecular formula is C20H23NO7. The molecule has 1 aliphatic heterocycles. The van der Waals surface area contributed by atoms with Crippen LogP contribution in [0.1, 0.15) is 30.7 Å². The fourth-order valence-corrected chi connectivity index (χ4v) is 3.67. The lowest BCUT2D eigenvalue weighted by atomic mass is 9.77. The summed E-state index contributed by atoms with van der Waals surface area (Å²) in [5.41, 5.74) is 7.13. The first kappa shape index (κ1) is 19.6. The van der Waals surface area contributed by atoms with Crippen LogP contribution in [-0.2, 0) is 19.1 Å². The van der Waals surface area contributed by atoms with Gasteiger partial charge in [-0.1, -0.05) is 0 Å². The Morgan fingerprint density at radius 3 is 2.25 bits per heavy atom. The Hall–Kier alpha value is -3.16. The fourth-order valence-electron chi connectivity index (χ4n) is 3.67. The molecule has 0 saturated carbocycles. The van der Waals surface area contributed by atoms with Crippen molar-refractivity contribution in [2.75, 3.05) is 28.4 Å². The van der Waals surface area contributed by atoms with Crippen LogP contribution in [0.25, 0.3) is 0 Å². The first-order chi connectivity index (χ1) is 13.5. The van der Waals surface area contributed by atoms with Crippen LogP contribution >= 0.6 is 0 Å². The molecule has 0 spiro atoms. The Morgan fingerprint density at radius 2 is 1.71 bits per heavy atom. The van der Waals surface area contributed by atoms with Gasteiger partial charge in [0, 0.05) is 18.4 Å². The van der Waals surface area contributed by atoms with Crippen molar-refractivity contribution in [3.05, 3.63) is 40.5 Å². The van der Waals surface area contributed by atoms with Crippen molar-refractivity contribution >= 4 is 11.8 Å². The SMILES string of the molecule is COC(=O)C1=C(N)OC2=C(C(=O)CCC2)[C@@H]1c1cc(OC)c(OC)c(OC)c1. The maximum absolute atomic E-state index is 12.8. The summed E-state index contributed by atoms with van der Waals surface area (Å²) < 4.78 is 26.7. The molecule has 0 unspecified atom stereocenters. The number of ketones is 1. The van der Waals surface area contributed by atoms with Crippen LogP contribution in [0.3, 0.4) is 0 Å². The average molecular weight is 389 g/mol. The molecule has 2 N–H and O–H groups in total. The van der Waals surface area contributed by atoms with Gasteiger partial charge in [0.25, 0.3) is 0 Å². The molecule has 2 aliphatic rings. The Bertz CT molecular complexity index is 860. The van der Waals surface area contributed by atoms with Gasteiger partial charge >= 0.3 is 5.97 Å². The van der Waals surface area contributed by atoms with E-state index in [4.69, 9.17) is 29.4 Å². The highest BCUT2D eigenvalue weighted by Crippen LogP contribution is 2.48. The number of allylic oxidation sites excluding steroid dienone is 2. The van der Waals surface area contributed by atoms with Gasteiger partial charge in [-0.05, 0) is 24.1 Å². The van der Waals surface area contributed by atoms with E-state index >= 15 is 0 Å². The van der Waals surface area contributed by atoms with Gasteiger partial charge < -0.3 is 29.4 Å². The number of nitrogens with two attached hydrogens (primary N) is 1. The molecule has 28 heavy (non-hydrogen) atoms. The van der Waals surface area contributed by atoms with Gasteiger partial charge in [-0.3, -0.25) is 4.79 Å². The number of carbonyl (C=O) groups is 2. The molecule has 1 atom stereocenters. The van der Waals surface area contributed by atoms with Crippen molar-refractivity contribution in [3.8, 4) is 17.2 Å². The second kappa shape index (κ2) is 7.84. The van der Waals surface area contributed by atoms with Crippen LogP contribution in [0.5, 0.6) is 17.2 Å². The molecular weight excluding hydrogens is 366 g/mol. The lowest BCUT2D eigenvalue weighted by Gasteiger charge is -2.32. The third kappa shape index (κ3) is 3.15. The lowest BCUT2D eigenvalue weighted by molar-refractivity contribution is -0.136. The van der Waals surface area contributed by atoms with Gasteiger partial charge in [-0.25, -0.2) is 4.79 Å². The van der Waals surface area contributed by atoms with Crippen molar-refractivity contribution < 1.29 is 33.3 Å². The smallest absolute Gasteiger partial charge is 0.340 e. The number of carbonyl (C=O) groups excluding carboxylic acids is 2. The number of hydrogen-bond acceptors (Lipinski definition) is 8. The van der Waals surface area contributed by atoms with Crippen LogP contribution in [0.15, 0.2) is 34.9 Å². The van der Waals surface area contributed by atoms with Gasteiger partial charge in [-0.15, -0.1) is 0 Å². The Balaban J connectivity index is 2.27. The maximum atomic E-state index is 12.8. The zero-order chi connectivity index (χ0) is 20.4. The predicted molar refractivity (Wildman–Crippen MR) is 99.0 cm³/mol. The van der Waals surface area contributed by atoms with Crippen LogP contribution in [0.4, 0.5) is 0 Å². The number of Topliss-reactive ketones (excluding diaryl/α,β-unsaturated/α-hetero) is 1. The number of esters is 1. The minimum absolute atomic E-state index is 0.0703. The van der Waals surface area contributed by atoms with E-state index in [0.29, 0.717) is 53.4 Å². The zero-order valence-corrected chi connectivity index (χ0v) is 16.3. The van der Waals surface area contributed by atoms with E-state index in [9.17, 15) is 9.59 Å². The van der Waals surface area contributed by atoms with E-state index < -0.39 is 11.9 Å². The summed E-state index contributed by atoms with van der Waals surface area (Å²) in [6.07, 6.45) is 1.61. The summed E-state index contributed by atoms with van der Waals surface area (Å²) in [6.45, 7) is 0. The molecule has 0 amide bonds. The molecule has 0 fully saturated rings. The van der Waals surface area contributed by atoms with Crippen LogP contribution in [-0.4, -0.2) is 40.2 Å². The van der Waals surface area contributed by atoms with Gasteiger partial charge in [-0.2, -0.15) is 0 Å². The van der Waals surface area contributed by atoms with Gasteiger partial charge in [0.2, 0.25) is 11.6 Å². The molecule has 1 aromatic carbocycles. The minimum atomic E-state index is -0.752. The quantitative estimate of drug-likeness (QED) is 0.764. The molecule has 8 nitrogen and oxygen atoms in total. The molecule has 0 bridgehead atoms. The van der Waals surface area contributed by atoms with E-state index in [2.05, 4.69) is 0 Å². The summed E-state index contributed by atoms with van der Waals surface area (Å²) >= 11 is 0. The lowest BCUT2D eigenvalue weighted by Crippen LogP contribution is -2.31. The number of rotatable bonds is 5. The average Bonchev–Trinajstić information content (AvgIpc) is 2.71. The first-order valence-corrected chi connectivity index (χ1v) is 8.78. The Morgan fingerprint density at radius 1 is 1.07 bits per heavy atom. The Kier molecular flexibility index (Phi) is 5.48. The summed E-state index contributed by atoms with van der Waals surface area (Å²) in [4.78, 5) is 25.3. The van der Waals surface area contributed by atoms with E-state index in [0.717, 1.165) is 0 Å². The molecule has 150 valence electrons. The molecule has 1 aromatic rings. The highest BCUT2D eigenvalue weighted by Gasteiger charge is 2.41. The normalized spacial score (nSPS) is 19.0. The number of methoxy groups -OCH3 is 4. The predicted octanol–water partition coefficient (Wildman–Crippen LogP) is 2.18. The van der Waals surface area contributed by atoms with E-state index in [1.807, 2.05) is 0 Å². The summed E-state index contributed by atoms with van der Waals surface area (Å²) in [5.74, 6) is 0.113. The largest absolute Gasteiger partial charge is 0.493 e. The van der Waals surface area contributed by atoms with Gasteiger partial charge in [0.15, 0.2) is 17.3 Å². The zero-order valence-electron chi connectivity index (χ0n) is 16.3. The maximum Gasteiger partial charge on any atom is 0.340 e. The highest BCUT2D eigenvalue weighted by atomic mass is 16.5. The third-order valence-corrected chi connectivity index (χ3v) is 4.91. The fraction of sp³-hybridized carbons (Fsp3) is 0.400. The van der Waals surface area contributed by atoms with E-state index in [-0.39, 0.29) is 17.2 Å². The molecule has 1 aliphatic carbocycles. The Labute approximate surface area is 162 Å². The summed E-state index contributed by atoms with van der Waals surface area (Å²) in [7, 11) is 5.73. The number of hydrogen-bond donors (Lipinski definition) is 1.